The molecule has 4 atom stereocenters. The van der Waals surface area contributed by atoms with E-state index in [1.165, 1.54) is 0 Å². The molecule has 2 bridgehead atoms. The summed E-state index contributed by atoms with van der Waals surface area (Å²) in [7, 11) is 0. The molecule has 5 rings (SSSR count). The predicted octanol–water partition coefficient (Wildman–Crippen LogP) is 6.12. The third-order valence-electron chi connectivity index (χ3n) is 7.22. The van der Waals surface area contributed by atoms with E-state index in [1.807, 2.05) is 30.3 Å². The molecule has 2 aromatic rings. The molecule has 3 fully saturated rings. The van der Waals surface area contributed by atoms with E-state index < -0.39 is 5.92 Å². The van der Waals surface area contributed by atoms with Gasteiger partial charge in [-0.05, 0) is 72.4 Å². The van der Waals surface area contributed by atoms with Gasteiger partial charge in [-0.2, -0.15) is 0 Å². The molecule has 28 heavy (non-hydrogen) atoms. The first-order valence-electron chi connectivity index (χ1n) is 10.1. The van der Waals surface area contributed by atoms with Crippen molar-refractivity contribution in [3.8, 4) is 11.1 Å². The zero-order chi connectivity index (χ0) is 19.6. The summed E-state index contributed by atoms with van der Waals surface area (Å²) in [4.78, 5) is 26.7. The lowest BCUT2D eigenvalue weighted by Gasteiger charge is -2.21. The molecule has 0 N–H and O–H groups in total. The molecule has 0 aromatic heterocycles. The summed E-state index contributed by atoms with van der Waals surface area (Å²) in [5.41, 5.74) is 3.75. The first-order valence-corrected chi connectivity index (χ1v) is 10.9. The Morgan fingerprint density at radius 3 is 2.21 bits per heavy atom. The van der Waals surface area contributed by atoms with Crippen molar-refractivity contribution < 1.29 is 9.59 Å². The van der Waals surface area contributed by atoms with Gasteiger partial charge in [0.1, 0.15) is 5.92 Å². The van der Waals surface area contributed by atoms with Gasteiger partial charge in [-0.25, -0.2) is 0 Å². The van der Waals surface area contributed by atoms with Crippen molar-refractivity contribution in [2.45, 2.75) is 38.5 Å². The summed E-state index contributed by atoms with van der Waals surface area (Å²) in [6.07, 6.45) is 4.08. The molecular weight excluding hydrogens is 391 g/mol. The fraction of sp³-hybridized carbons (Fsp3) is 0.417. The van der Waals surface area contributed by atoms with Crippen LogP contribution < -0.4 is 0 Å². The highest BCUT2D eigenvalue weighted by Gasteiger charge is 2.61. The number of rotatable bonds is 3. The van der Waals surface area contributed by atoms with Crippen LogP contribution >= 0.6 is 23.2 Å². The van der Waals surface area contributed by atoms with Crippen LogP contribution in [0.1, 0.15) is 43.2 Å². The third-order valence-corrected chi connectivity index (χ3v) is 7.77. The van der Waals surface area contributed by atoms with Crippen molar-refractivity contribution in [1.29, 1.82) is 0 Å². The highest BCUT2D eigenvalue weighted by atomic mass is 35.5. The maximum atomic E-state index is 13.4. The van der Waals surface area contributed by atoms with Crippen LogP contribution in [0.15, 0.2) is 36.4 Å². The van der Waals surface area contributed by atoms with E-state index in [2.05, 4.69) is 6.92 Å². The van der Waals surface area contributed by atoms with E-state index in [-0.39, 0.29) is 23.4 Å². The summed E-state index contributed by atoms with van der Waals surface area (Å²) in [6.45, 7) is 2.07. The SMILES string of the molecule is CCc1ccc(-c2ccc(Cl)cc2Cl)cc1C1C(=O)C2C3CCC(C3)C2C1=O. The van der Waals surface area contributed by atoms with Crippen LogP contribution in [0.25, 0.3) is 11.1 Å². The maximum Gasteiger partial charge on any atom is 0.151 e. The van der Waals surface area contributed by atoms with Crippen LogP contribution in [0.2, 0.25) is 10.0 Å². The Kier molecular flexibility index (Phi) is 4.41. The Hall–Kier alpha value is -1.64. The Morgan fingerprint density at radius 1 is 0.929 bits per heavy atom. The van der Waals surface area contributed by atoms with Gasteiger partial charge >= 0.3 is 0 Å². The van der Waals surface area contributed by atoms with E-state index in [9.17, 15) is 9.59 Å². The van der Waals surface area contributed by atoms with Crippen LogP contribution in [0.5, 0.6) is 0 Å². The van der Waals surface area contributed by atoms with Crippen LogP contribution in [-0.2, 0) is 16.0 Å². The number of ketones is 2. The van der Waals surface area contributed by atoms with Gasteiger partial charge in [0.2, 0.25) is 0 Å². The second-order valence-corrected chi connectivity index (χ2v) is 9.36. The molecule has 0 aliphatic heterocycles. The third kappa shape index (κ3) is 2.61. The van der Waals surface area contributed by atoms with Gasteiger partial charge in [0.05, 0.1) is 0 Å². The second kappa shape index (κ2) is 6.71. The summed E-state index contributed by atoms with van der Waals surface area (Å²) in [5.74, 6) is 0.505. The number of hydrogen-bond acceptors (Lipinski definition) is 2. The Balaban J connectivity index is 1.60. The summed E-state index contributed by atoms with van der Waals surface area (Å²) in [5, 5.41) is 1.16. The Labute approximate surface area is 175 Å². The van der Waals surface area contributed by atoms with Gasteiger partial charge < -0.3 is 0 Å². The lowest BCUT2D eigenvalue weighted by Crippen LogP contribution is -2.24. The number of halogens is 2. The molecule has 3 aliphatic carbocycles. The lowest BCUT2D eigenvalue weighted by molar-refractivity contribution is -0.125. The van der Waals surface area contributed by atoms with Crippen molar-refractivity contribution in [3.05, 3.63) is 57.6 Å². The highest BCUT2D eigenvalue weighted by Crippen LogP contribution is 2.59. The molecule has 0 saturated heterocycles. The average Bonchev–Trinajstić information content (AvgIpc) is 3.35. The predicted molar refractivity (Wildman–Crippen MR) is 112 cm³/mol. The van der Waals surface area contributed by atoms with E-state index in [0.717, 1.165) is 47.9 Å². The van der Waals surface area contributed by atoms with Gasteiger partial charge in [-0.3, -0.25) is 9.59 Å². The standard InChI is InChI=1S/C24H22Cl2O2/c1-2-12-3-4-13(17-8-7-16(25)11-19(17)26)10-18(12)22-23(27)20-14-5-6-15(9-14)21(20)24(22)28/h3-4,7-8,10-11,14-15,20-22H,2,5-6,9H2,1H3. The van der Waals surface area contributed by atoms with Gasteiger partial charge in [-0.15, -0.1) is 0 Å². The molecule has 0 spiro atoms. The number of aryl methyl sites for hydroxylation is 1. The van der Waals surface area contributed by atoms with Gasteiger partial charge in [0, 0.05) is 27.4 Å². The monoisotopic (exact) mass is 412 g/mol. The minimum Gasteiger partial charge on any atom is -0.298 e. The minimum atomic E-state index is -0.598. The van der Waals surface area contributed by atoms with Crippen LogP contribution in [0, 0.1) is 23.7 Å². The molecule has 0 amide bonds. The molecule has 4 heteroatoms. The molecule has 0 heterocycles. The van der Waals surface area contributed by atoms with E-state index in [4.69, 9.17) is 23.2 Å². The fourth-order valence-corrected chi connectivity index (χ4v) is 6.54. The minimum absolute atomic E-state index is 0.0382. The van der Waals surface area contributed by atoms with Crippen LogP contribution in [0.4, 0.5) is 0 Å². The van der Waals surface area contributed by atoms with Gasteiger partial charge in [0.25, 0.3) is 0 Å². The molecule has 4 unspecified atom stereocenters. The number of carbonyl (C=O) groups is 2. The molecule has 2 nitrogen and oxygen atoms in total. The lowest BCUT2D eigenvalue weighted by atomic mass is 9.81. The van der Waals surface area contributed by atoms with Crippen LogP contribution in [0.3, 0.4) is 0 Å². The van der Waals surface area contributed by atoms with Crippen molar-refractivity contribution >= 4 is 34.8 Å². The number of fused-ring (bicyclic) bond motifs is 5. The average molecular weight is 413 g/mol. The largest absolute Gasteiger partial charge is 0.298 e. The molecule has 3 saturated carbocycles. The zero-order valence-electron chi connectivity index (χ0n) is 15.8. The van der Waals surface area contributed by atoms with E-state index in [1.54, 1.807) is 6.07 Å². The van der Waals surface area contributed by atoms with Crippen molar-refractivity contribution in [2.75, 3.05) is 0 Å². The first kappa shape index (κ1) is 18.4. The molecule has 3 aliphatic rings. The van der Waals surface area contributed by atoms with E-state index >= 15 is 0 Å². The number of carbonyl (C=O) groups excluding carboxylic acids is 2. The topological polar surface area (TPSA) is 34.1 Å². The van der Waals surface area contributed by atoms with Crippen molar-refractivity contribution in [2.24, 2.45) is 23.7 Å². The molecule has 2 aromatic carbocycles. The number of Topliss-reactive ketones (excluding diaryl/α,β-unsaturated/α-hetero) is 2. The van der Waals surface area contributed by atoms with Crippen molar-refractivity contribution in [3.63, 3.8) is 0 Å². The molecule has 0 radical (unpaired) electrons. The molecule has 144 valence electrons. The number of benzene rings is 2. The molecular formula is C24H22Cl2O2. The Bertz CT molecular complexity index is 968. The van der Waals surface area contributed by atoms with E-state index in [0.29, 0.717) is 21.9 Å². The second-order valence-electron chi connectivity index (χ2n) is 8.51. The Morgan fingerprint density at radius 2 is 1.61 bits per heavy atom. The smallest absolute Gasteiger partial charge is 0.151 e. The quantitative estimate of drug-likeness (QED) is 0.568. The highest BCUT2D eigenvalue weighted by molar-refractivity contribution is 6.36. The van der Waals surface area contributed by atoms with Crippen molar-refractivity contribution in [1.82, 2.24) is 0 Å². The normalized spacial score (nSPS) is 30.9. The van der Waals surface area contributed by atoms with Gasteiger partial charge in [-0.1, -0.05) is 48.3 Å². The summed E-state index contributed by atoms with van der Waals surface area (Å²) in [6, 6.07) is 11.5. The summed E-state index contributed by atoms with van der Waals surface area (Å²) >= 11 is 12.5. The summed E-state index contributed by atoms with van der Waals surface area (Å²) < 4.78 is 0. The number of hydrogen-bond donors (Lipinski definition) is 0. The first-order chi connectivity index (χ1) is 13.5. The fourth-order valence-electron chi connectivity index (χ4n) is 6.02. The zero-order valence-corrected chi connectivity index (χ0v) is 17.3. The maximum absolute atomic E-state index is 13.4. The van der Waals surface area contributed by atoms with Crippen LogP contribution in [-0.4, -0.2) is 11.6 Å². The van der Waals surface area contributed by atoms with Gasteiger partial charge in [0.15, 0.2) is 11.6 Å².